The zero-order chi connectivity index (χ0) is 16.9. The summed E-state index contributed by atoms with van der Waals surface area (Å²) in [4.78, 5) is 11.6. The molecule has 24 heavy (non-hydrogen) atoms. The third kappa shape index (κ3) is 3.96. The summed E-state index contributed by atoms with van der Waals surface area (Å²) in [6.45, 7) is 1.57. The van der Waals surface area contributed by atoms with Crippen molar-refractivity contribution in [3.8, 4) is 6.07 Å². The van der Waals surface area contributed by atoms with E-state index in [9.17, 15) is 10.1 Å². The van der Waals surface area contributed by atoms with Gasteiger partial charge in [0.25, 0.3) is 0 Å². The summed E-state index contributed by atoms with van der Waals surface area (Å²) < 4.78 is 6.46. The maximum Gasteiger partial charge on any atom is 0.217 e. The minimum absolute atomic E-state index is 0.0108. The number of hydrogen-bond acceptors (Lipinski definition) is 3. The number of carbonyl (C=O) groups is 1. The van der Waals surface area contributed by atoms with Crippen molar-refractivity contribution in [1.29, 1.82) is 5.26 Å². The van der Waals surface area contributed by atoms with Crippen molar-refractivity contribution in [3.63, 3.8) is 0 Å². The van der Waals surface area contributed by atoms with Gasteiger partial charge in [0.2, 0.25) is 5.91 Å². The van der Waals surface area contributed by atoms with Crippen molar-refractivity contribution in [2.75, 3.05) is 0 Å². The van der Waals surface area contributed by atoms with E-state index >= 15 is 0 Å². The first-order valence-corrected chi connectivity index (χ1v) is 9.09. The van der Waals surface area contributed by atoms with Gasteiger partial charge in [-0.25, -0.2) is 0 Å². The summed E-state index contributed by atoms with van der Waals surface area (Å²) in [6, 6.07) is 10.1. The van der Waals surface area contributed by atoms with Gasteiger partial charge in [0, 0.05) is 13.0 Å². The van der Waals surface area contributed by atoms with E-state index in [0.29, 0.717) is 11.5 Å². The minimum atomic E-state index is -0.113. The standard InChI is InChI=1S/C20H26N2O2/c1-14(23)22-17-11-19(15-7-3-2-4-8-15)24-20(12-17)18-10-6-5-9-16(18)13-21/h5-6,9-10,15,17,19-20H,2-4,7-8,11-12H2,1H3,(H,22,23)/t17-,19-,20+/m1/s1. The molecule has 0 aromatic heterocycles. The van der Waals surface area contributed by atoms with Crippen molar-refractivity contribution < 1.29 is 9.53 Å². The summed E-state index contributed by atoms with van der Waals surface area (Å²) in [5.74, 6) is 0.587. The fraction of sp³-hybridized carbons (Fsp3) is 0.600. The molecule has 2 fully saturated rings. The maximum atomic E-state index is 11.6. The highest BCUT2D eigenvalue weighted by atomic mass is 16.5. The zero-order valence-electron chi connectivity index (χ0n) is 14.3. The molecule has 0 unspecified atom stereocenters. The third-order valence-electron chi connectivity index (χ3n) is 5.37. The van der Waals surface area contributed by atoms with Gasteiger partial charge in [-0.1, -0.05) is 37.5 Å². The normalized spacial score (nSPS) is 28.1. The van der Waals surface area contributed by atoms with E-state index in [1.165, 1.54) is 32.1 Å². The third-order valence-corrected chi connectivity index (χ3v) is 5.37. The molecule has 1 aromatic rings. The van der Waals surface area contributed by atoms with Crippen LogP contribution in [0.5, 0.6) is 0 Å². The molecule has 3 rings (SSSR count). The SMILES string of the molecule is CC(=O)N[C@H]1C[C@@H](c2ccccc2C#N)O[C@@H](C2CCCCC2)C1. The predicted octanol–water partition coefficient (Wildman–Crippen LogP) is 3.86. The number of nitriles is 1. The number of rotatable bonds is 3. The van der Waals surface area contributed by atoms with Crippen LogP contribution in [0.15, 0.2) is 24.3 Å². The Bertz CT molecular complexity index is 616. The van der Waals surface area contributed by atoms with Crippen LogP contribution >= 0.6 is 0 Å². The second kappa shape index (κ2) is 7.81. The molecule has 0 bridgehead atoms. The lowest BCUT2D eigenvalue weighted by atomic mass is 9.80. The minimum Gasteiger partial charge on any atom is -0.370 e. The molecule has 1 amide bonds. The Morgan fingerprint density at radius 3 is 2.67 bits per heavy atom. The largest absolute Gasteiger partial charge is 0.370 e. The molecule has 128 valence electrons. The molecule has 4 nitrogen and oxygen atoms in total. The average molecular weight is 326 g/mol. The van der Waals surface area contributed by atoms with Crippen LogP contribution in [0.1, 0.15) is 69.1 Å². The highest BCUT2D eigenvalue weighted by Crippen LogP contribution is 2.39. The Kier molecular flexibility index (Phi) is 5.52. The van der Waals surface area contributed by atoms with Crippen LogP contribution in [0.25, 0.3) is 0 Å². The Hall–Kier alpha value is -1.86. The van der Waals surface area contributed by atoms with Gasteiger partial charge >= 0.3 is 0 Å². The number of carbonyl (C=O) groups excluding carboxylic acids is 1. The Labute approximate surface area is 144 Å². The van der Waals surface area contributed by atoms with E-state index in [2.05, 4.69) is 11.4 Å². The highest BCUT2D eigenvalue weighted by molar-refractivity contribution is 5.73. The van der Waals surface area contributed by atoms with E-state index in [-0.39, 0.29) is 24.2 Å². The van der Waals surface area contributed by atoms with E-state index in [4.69, 9.17) is 4.74 Å². The summed E-state index contributed by atoms with van der Waals surface area (Å²) in [5, 5.41) is 12.5. The maximum absolute atomic E-state index is 11.6. The second-order valence-electron chi connectivity index (χ2n) is 7.13. The molecule has 0 radical (unpaired) electrons. The van der Waals surface area contributed by atoms with Gasteiger partial charge in [-0.2, -0.15) is 5.26 Å². The van der Waals surface area contributed by atoms with Gasteiger partial charge in [-0.05, 0) is 43.2 Å². The molecule has 1 aromatic carbocycles. The quantitative estimate of drug-likeness (QED) is 0.917. The van der Waals surface area contributed by atoms with E-state index in [1.807, 2.05) is 24.3 Å². The molecule has 1 N–H and O–H groups in total. The summed E-state index contributed by atoms with van der Waals surface area (Å²) in [6.07, 6.45) is 7.97. The van der Waals surface area contributed by atoms with E-state index < -0.39 is 0 Å². The molecule has 2 aliphatic rings. The number of amides is 1. The van der Waals surface area contributed by atoms with Crippen LogP contribution in [0.4, 0.5) is 0 Å². The van der Waals surface area contributed by atoms with Crippen molar-refractivity contribution in [2.24, 2.45) is 5.92 Å². The van der Waals surface area contributed by atoms with Gasteiger partial charge in [-0.3, -0.25) is 4.79 Å². The topological polar surface area (TPSA) is 62.1 Å². The number of hydrogen-bond donors (Lipinski definition) is 1. The van der Waals surface area contributed by atoms with Crippen LogP contribution in [-0.4, -0.2) is 18.1 Å². The summed E-state index contributed by atoms with van der Waals surface area (Å²) in [7, 11) is 0. The fourth-order valence-electron chi connectivity index (χ4n) is 4.25. The van der Waals surface area contributed by atoms with Gasteiger partial charge in [-0.15, -0.1) is 0 Å². The molecule has 1 aliphatic heterocycles. The van der Waals surface area contributed by atoms with Crippen LogP contribution in [0.3, 0.4) is 0 Å². The average Bonchev–Trinajstić information content (AvgIpc) is 2.61. The molecule has 0 spiro atoms. The zero-order valence-corrected chi connectivity index (χ0v) is 14.3. The molecular weight excluding hydrogens is 300 g/mol. The lowest BCUT2D eigenvalue weighted by Gasteiger charge is -2.41. The fourth-order valence-corrected chi connectivity index (χ4v) is 4.25. The van der Waals surface area contributed by atoms with E-state index in [1.54, 1.807) is 6.92 Å². The predicted molar refractivity (Wildman–Crippen MR) is 92.2 cm³/mol. The molecule has 1 heterocycles. The van der Waals surface area contributed by atoms with Crippen LogP contribution in [0, 0.1) is 17.2 Å². The number of nitrogens with one attached hydrogen (secondary N) is 1. The van der Waals surface area contributed by atoms with Gasteiger partial charge < -0.3 is 10.1 Å². The molecule has 1 saturated carbocycles. The van der Waals surface area contributed by atoms with Crippen LogP contribution < -0.4 is 5.32 Å². The van der Waals surface area contributed by atoms with Gasteiger partial charge in [0.1, 0.15) is 0 Å². The number of benzene rings is 1. The van der Waals surface area contributed by atoms with Crippen LogP contribution in [-0.2, 0) is 9.53 Å². The molecule has 1 saturated heterocycles. The molecule has 3 atom stereocenters. The van der Waals surface area contributed by atoms with Gasteiger partial charge in [0.15, 0.2) is 0 Å². The van der Waals surface area contributed by atoms with Crippen molar-refractivity contribution in [2.45, 2.75) is 70.1 Å². The van der Waals surface area contributed by atoms with Crippen LogP contribution in [0.2, 0.25) is 0 Å². The van der Waals surface area contributed by atoms with Crippen molar-refractivity contribution in [1.82, 2.24) is 5.32 Å². The summed E-state index contributed by atoms with van der Waals surface area (Å²) in [5.41, 5.74) is 1.63. The van der Waals surface area contributed by atoms with E-state index in [0.717, 1.165) is 18.4 Å². The number of nitrogens with zero attached hydrogens (tertiary/aromatic N) is 1. The smallest absolute Gasteiger partial charge is 0.217 e. The molecule has 1 aliphatic carbocycles. The van der Waals surface area contributed by atoms with Crippen molar-refractivity contribution >= 4 is 5.91 Å². The lowest BCUT2D eigenvalue weighted by molar-refractivity contribution is -0.124. The summed E-state index contributed by atoms with van der Waals surface area (Å²) >= 11 is 0. The number of ether oxygens (including phenoxy) is 1. The highest BCUT2D eigenvalue weighted by Gasteiger charge is 2.36. The Morgan fingerprint density at radius 1 is 1.21 bits per heavy atom. The Morgan fingerprint density at radius 2 is 1.96 bits per heavy atom. The molecular formula is C20H26N2O2. The first-order valence-electron chi connectivity index (χ1n) is 9.09. The lowest BCUT2D eigenvalue weighted by Crippen LogP contribution is -2.45. The second-order valence-corrected chi connectivity index (χ2v) is 7.13. The first-order chi connectivity index (χ1) is 11.7. The van der Waals surface area contributed by atoms with Crippen molar-refractivity contribution in [3.05, 3.63) is 35.4 Å². The van der Waals surface area contributed by atoms with Gasteiger partial charge in [0.05, 0.1) is 23.8 Å². The monoisotopic (exact) mass is 326 g/mol. The Balaban J connectivity index is 1.82. The molecule has 4 heteroatoms. The first kappa shape index (κ1) is 17.0.